The monoisotopic (exact) mass is 348 g/mol. The molecule has 3 rings (SSSR count). The number of aromatic amines is 1. The summed E-state index contributed by atoms with van der Waals surface area (Å²) in [6.45, 7) is 0.270. The molecule has 1 N–H and O–H groups in total. The summed E-state index contributed by atoms with van der Waals surface area (Å²) >= 11 is 3.37. The first kappa shape index (κ1) is 14.3. The highest BCUT2D eigenvalue weighted by atomic mass is 79.9. The van der Waals surface area contributed by atoms with Crippen LogP contribution in [0.1, 0.15) is 43.1 Å². The molecule has 0 radical (unpaired) electrons. The number of ether oxygens (including phenoxy) is 1. The smallest absolute Gasteiger partial charge is 0.265 e. The zero-order chi connectivity index (χ0) is 14.7. The molecule has 1 saturated carbocycles. The molecule has 110 valence electrons. The molecule has 21 heavy (non-hydrogen) atoms. The van der Waals surface area contributed by atoms with Crippen LogP contribution in [-0.4, -0.2) is 9.97 Å². The number of H-pyrrole nitrogens is 1. The second-order valence-electron chi connectivity index (χ2n) is 5.29. The van der Waals surface area contributed by atoms with E-state index in [4.69, 9.17) is 4.74 Å². The van der Waals surface area contributed by atoms with E-state index in [0.29, 0.717) is 16.2 Å². The number of halogens is 1. The lowest BCUT2D eigenvalue weighted by Gasteiger charge is -2.12. The quantitative estimate of drug-likeness (QED) is 0.914. The Morgan fingerprint density at radius 2 is 1.95 bits per heavy atom. The highest BCUT2D eigenvalue weighted by Gasteiger charge is 2.23. The van der Waals surface area contributed by atoms with Gasteiger partial charge in [-0.1, -0.05) is 31.0 Å². The minimum absolute atomic E-state index is 0.126. The van der Waals surface area contributed by atoms with Crippen LogP contribution in [0.5, 0.6) is 5.75 Å². The maximum atomic E-state index is 12.0. The second kappa shape index (κ2) is 6.43. The predicted octanol–water partition coefficient (Wildman–Crippen LogP) is 3.77. The third-order valence-corrected chi connectivity index (χ3v) is 4.56. The van der Waals surface area contributed by atoms with Crippen LogP contribution < -0.4 is 10.3 Å². The second-order valence-corrected chi connectivity index (χ2v) is 6.09. The van der Waals surface area contributed by atoms with E-state index < -0.39 is 0 Å². The van der Waals surface area contributed by atoms with Gasteiger partial charge in [0.15, 0.2) is 0 Å². The van der Waals surface area contributed by atoms with Crippen molar-refractivity contribution in [3.63, 3.8) is 0 Å². The Hall–Kier alpha value is -1.62. The third-order valence-electron chi connectivity index (χ3n) is 3.80. The molecule has 0 atom stereocenters. The number of aromatic nitrogens is 2. The standard InChI is InChI=1S/C16H17BrN2O2/c17-14-15(11-6-4-5-7-11)18-13(19-16(14)20)10-21-12-8-2-1-3-9-12/h1-3,8-9,11H,4-7,10H2,(H,18,19,20). The van der Waals surface area contributed by atoms with Gasteiger partial charge in [0.2, 0.25) is 0 Å². The van der Waals surface area contributed by atoms with Crippen molar-refractivity contribution in [3.8, 4) is 5.75 Å². The number of para-hydroxylation sites is 1. The summed E-state index contributed by atoms with van der Waals surface area (Å²) in [5.41, 5.74) is 0.751. The molecule has 0 saturated heterocycles. The lowest BCUT2D eigenvalue weighted by molar-refractivity contribution is 0.294. The molecule has 1 aromatic heterocycles. The molecule has 0 spiro atoms. The Labute approximate surface area is 131 Å². The Morgan fingerprint density at radius 3 is 2.67 bits per heavy atom. The molecule has 0 bridgehead atoms. The summed E-state index contributed by atoms with van der Waals surface area (Å²) in [5.74, 6) is 1.73. The van der Waals surface area contributed by atoms with E-state index in [9.17, 15) is 4.79 Å². The fraction of sp³-hybridized carbons (Fsp3) is 0.375. The summed E-state index contributed by atoms with van der Waals surface area (Å²) in [5, 5.41) is 0. The molecule has 4 nitrogen and oxygen atoms in total. The van der Waals surface area contributed by atoms with E-state index in [0.717, 1.165) is 24.3 Å². The largest absolute Gasteiger partial charge is 0.486 e. The van der Waals surface area contributed by atoms with E-state index in [1.54, 1.807) is 0 Å². The first-order chi connectivity index (χ1) is 10.2. The van der Waals surface area contributed by atoms with Gasteiger partial charge in [-0.25, -0.2) is 4.98 Å². The zero-order valence-electron chi connectivity index (χ0n) is 11.6. The van der Waals surface area contributed by atoms with Crippen molar-refractivity contribution in [1.29, 1.82) is 0 Å². The Balaban J connectivity index is 1.80. The van der Waals surface area contributed by atoms with E-state index in [-0.39, 0.29) is 12.2 Å². The molecule has 2 aromatic rings. The minimum atomic E-state index is -0.126. The highest BCUT2D eigenvalue weighted by molar-refractivity contribution is 9.10. The molecule has 5 heteroatoms. The van der Waals surface area contributed by atoms with Crippen molar-refractivity contribution in [2.45, 2.75) is 38.2 Å². The fourth-order valence-corrected chi connectivity index (χ4v) is 3.24. The summed E-state index contributed by atoms with van der Waals surface area (Å²) in [6, 6.07) is 9.53. The molecule has 1 heterocycles. The molecule has 1 aromatic carbocycles. The Morgan fingerprint density at radius 1 is 1.24 bits per heavy atom. The lowest BCUT2D eigenvalue weighted by Crippen LogP contribution is -2.18. The molecule has 1 aliphatic carbocycles. The van der Waals surface area contributed by atoms with Crippen molar-refractivity contribution < 1.29 is 4.74 Å². The summed E-state index contributed by atoms with van der Waals surface area (Å²) in [7, 11) is 0. The van der Waals surface area contributed by atoms with Gasteiger partial charge in [-0.05, 0) is 40.9 Å². The van der Waals surface area contributed by atoms with Crippen LogP contribution in [0, 0.1) is 0 Å². The van der Waals surface area contributed by atoms with E-state index >= 15 is 0 Å². The molecule has 0 amide bonds. The van der Waals surface area contributed by atoms with Crippen molar-refractivity contribution in [2.24, 2.45) is 0 Å². The van der Waals surface area contributed by atoms with Crippen LogP contribution in [0.25, 0.3) is 0 Å². The summed E-state index contributed by atoms with van der Waals surface area (Å²) < 4.78 is 6.22. The first-order valence-corrected chi connectivity index (χ1v) is 8.00. The number of nitrogens with one attached hydrogen (secondary N) is 1. The van der Waals surface area contributed by atoms with Crippen LogP contribution in [0.3, 0.4) is 0 Å². The molecular formula is C16H17BrN2O2. The maximum Gasteiger partial charge on any atom is 0.265 e. The fourth-order valence-electron chi connectivity index (χ4n) is 2.73. The van der Waals surface area contributed by atoms with Crippen LogP contribution in [0.15, 0.2) is 39.6 Å². The highest BCUT2D eigenvalue weighted by Crippen LogP contribution is 2.35. The van der Waals surface area contributed by atoms with Gasteiger partial charge in [-0.2, -0.15) is 0 Å². The van der Waals surface area contributed by atoms with Crippen LogP contribution in [0.4, 0.5) is 0 Å². The van der Waals surface area contributed by atoms with E-state index in [1.807, 2.05) is 30.3 Å². The van der Waals surface area contributed by atoms with Gasteiger partial charge in [0, 0.05) is 5.92 Å². The van der Waals surface area contributed by atoms with Crippen molar-refractivity contribution in [3.05, 3.63) is 56.7 Å². The van der Waals surface area contributed by atoms with Crippen LogP contribution in [-0.2, 0) is 6.61 Å². The Bertz CT molecular complexity index is 664. The molecule has 0 aliphatic heterocycles. The summed E-state index contributed by atoms with van der Waals surface area (Å²) in [4.78, 5) is 19.4. The molecule has 1 fully saturated rings. The van der Waals surface area contributed by atoms with Gasteiger partial charge in [0.05, 0.1) is 5.69 Å². The Kier molecular flexibility index (Phi) is 4.39. The van der Waals surface area contributed by atoms with E-state index in [1.165, 1.54) is 12.8 Å². The lowest BCUT2D eigenvalue weighted by atomic mass is 10.0. The van der Waals surface area contributed by atoms with Gasteiger partial charge in [-0.15, -0.1) is 0 Å². The molecule has 0 unspecified atom stereocenters. The SMILES string of the molecule is O=c1[nH]c(COc2ccccc2)nc(C2CCCC2)c1Br. The van der Waals surface area contributed by atoms with Crippen molar-refractivity contribution in [1.82, 2.24) is 9.97 Å². The molecular weight excluding hydrogens is 332 g/mol. The average Bonchev–Trinajstić information content (AvgIpc) is 3.03. The first-order valence-electron chi connectivity index (χ1n) is 7.20. The number of rotatable bonds is 4. The van der Waals surface area contributed by atoms with Crippen LogP contribution in [0.2, 0.25) is 0 Å². The zero-order valence-corrected chi connectivity index (χ0v) is 13.2. The normalized spacial score (nSPS) is 15.3. The number of hydrogen-bond donors (Lipinski definition) is 1. The topological polar surface area (TPSA) is 55.0 Å². The maximum absolute atomic E-state index is 12.0. The van der Waals surface area contributed by atoms with Gasteiger partial charge in [0.1, 0.15) is 22.7 Å². The third kappa shape index (κ3) is 3.35. The minimum Gasteiger partial charge on any atom is -0.486 e. The van der Waals surface area contributed by atoms with Gasteiger partial charge < -0.3 is 9.72 Å². The average molecular weight is 349 g/mol. The summed E-state index contributed by atoms with van der Waals surface area (Å²) in [6.07, 6.45) is 4.63. The van der Waals surface area contributed by atoms with Gasteiger partial charge in [0.25, 0.3) is 5.56 Å². The van der Waals surface area contributed by atoms with E-state index in [2.05, 4.69) is 25.9 Å². The van der Waals surface area contributed by atoms with Crippen LogP contribution >= 0.6 is 15.9 Å². The van der Waals surface area contributed by atoms with Crippen molar-refractivity contribution in [2.75, 3.05) is 0 Å². The predicted molar refractivity (Wildman–Crippen MR) is 84.5 cm³/mol. The number of benzene rings is 1. The number of nitrogens with zero attached hydrogens (tertiary/aromatic N) is 1. The van der Waals surface area contributed by atoms with Crippen molar-refractivity contribution >= 4 is 15.9 Å². The number of hydrogen-bond acceptors (Lipinski definition) is 3. The molecule has 1 aliphatic rings. The van der Waals surface area contributed by atoms with Gasteiger partial charge in [-0.3, -0.25) is 4.79 Å². The van der Waals surface area contributed by atoms with Gasteiger partial charge >= 0.3 is 0 Å².